The maximum atomic E-state index is 12.2. The number of hydrogen-bond donors (Lipinski definition) is 2. The van der Waals surface area contributed by atoms with Crippen molar-refractivity contribution in [2.45, 2.75) is 121 Å². The molecule has 0 bridgehead atoms. The topological polar surface area (TPSA) is 62.2 Å². The molecular formula is C33H51NO4. The molecule has 6 atom stereocenters. The van der Waals surface area contributed by atoms with Crippen LogP contribution >= 0.6 is 0 Å². The van der Waals surface area contributed by atoms with E-state index in [1.807, 2.05) is 0 Å². The van der Waals surface area contributed by atoms with Gasteiger partial charge in [-0.2, -0.15) is 0 Å². The molecule has 0 amide bonds. The SMILES string of the molecule is CC(C)C#C[C@]1(O)CCC2C3CC[C@@]4(O)CC5(CCC4=C3[C@@H](C3CCC(N(C)C)CC3)C[C@@]21C)OCCO5. The molecule has 1 heterocycles. The first-order valence-electron chi connectivity index (χ1n) is 15.6. The van der Waals surface area contributed by atoms with Crippen molar-refractivity contribution in [2.75, 3.05) is 27.3 Å². The molecule has 5 fully saturated rings. The van der Waals surface area contributed by atoms with Crippen LogP contribution in [0.3, 0.4) is 0 Å². The summed E-state index contributed by atoms with van der Waals surface area (Å²) in [5.41, 5.74) is 1.02. The lowest BCUT2D eigenvalue weighted by atomic mass is 9.48. The van der Waals surface area contributed by atoms with Gasteiger partial charge in [0, 0.05) is 30.2 Å². The van der Waals surface area contributed by atoms with Gasteiger partial charge in [-0.3, -0.25) is 0 Å². The van der Waals surface area contributed by atoms with Crippen LogP contribution in [-0.2, 0) is 9.47 Å². The van der Waals surface area contributed by atoms with E-state index in [9.17, 15) is 10.2 Å². The van der Waals surface area contributed by atoms with Gasteiger partial charge >= 0.3 is 0 Å². The van der Waals surface area contributed by atoms with Crippen LogP contribution < -0.4 is 0 Å². The summed E-state index contributed by atoms with van der Waals surface area (Å²) < 4.78 is 12.2. The van der Waals surface area contributed by atoms with Crippen molar-refractivity contribution in [3.8, 4) is 11.8 Å². The zero-order chi connectivity index (χ0) is 26.9. The van der Waals surface area contributed by atoms with Crippen LogP contribution in [0.25, 0.3) is 0 Å². The summed E-state index contributed by atoms with van der Waals surface area (Å²) in [5.74, 6) is 8.41. The van der Waals surface area contributed by atoms with Crippen LogP contribution in [0, 0.1) is 46.8 Å². The van der Waals surface area contributed by atoms with E-state index in [0.29, 0.717) is 49.3 Å². The highest BCUT2D eigenvalue weighted by atomic mass is 16.7. The molecule has 0 aromatic rings. The van der Waals surface area contributed by atoms with Gasteiger partial charge in [0.25, 0.3) is 0 Å². The van der Waals surface area contributed by atoms with Crippen molar-refractivity contribution in [3.05, 3.63) is 11.1 Å². The fraction of sp³-hybridized carbons (Fsp3) is 0.879. The van der Waals surface area contributed by atoms with Gasteiger partial charge in [0.15, 0.2) is 5.79 Å². The van der Waals surface area contributed by atoms with Crippen LogP contribution in [0.5, 0.6) is 0 Å². The molecule has 5 nitrogen and oxygen atoms in total. The van der Waals surface area contributed by atoms with E-state index in [1.165, 1.54) is 31.3 Å². The smallest absolute Gasteiger partial charge is 0.171 e. The molecule has 0 aromatic carbocycles. The Kier molecular flexibility index (Phi) is 6.88. The standard InChI is InChI=1S/C33H51NO4/c1-22(2)10-15-32(36)16-12-27-25-11-14-31(35)21-33(37-18-19-38-33)17-13-28(31)29(25)26(20-30(27,32)3)23-6-8-24(9-7-23)34(4)5/h22-27,35-36H,6-9,11-14,16-21H2,1-5H3/t23?,24?,25?,26-,27?,30+,31-,32+/m1/s1. The van der Waals surface area contributed by atoms with Crippen LogP contribution in [0.15, 0.2) is 11.1 Å². The Hall–Kier alpha value is -0.900. The quantitative estimate of drug-likeness (QED) is 0.379. The van der Waals surface area contributed by atoms with Gasteiger partial charge in [0.1, 0.15) is 5.60 Å². The molecule has 38 heavy (non-hydrogen) atoms. The van der Waals surface area contributed by atoms with Crippen LogP contribution in [0.4, 0.5) is 0 Å². The lowest BCUT2D eigenvalue weighted by molar-refractivity contribution is -0.208. The minimum Gasteiger partial charge on any atom is -0.385 e. The minimum atomic E-state index is -0.910. The van der Waals surface area contributed by atoms with Crippen molar-refractivity contribution in [3.63, 3.8) is 0 Å². The molecule has 5 aliphatic carbocycles. The lowest BCUT2D eigenvalue weighted by Crippen LogP contribution is -2.56. The highest BCUT2D eigenvalue weighted by molar-refractivity contribution is 5.39. The summed E-state index contributed by atoms with van der Waals surface area (Å²) in [6.45, 7) is 7.89. The molecule has 6 aliphatic rings. The molecule has 6 rings (SSSR count). The van der Waals surface area contributed by atoms with Gasteiger partial charge in [-0.05, 0) is 108 Å². The zero-order valence-electron chi connectivity index (χ0n) is 24.5. The van der Waals surface area contributed by atoms with Crippen molar-refractivity contribution in [1.82, 2.24) is 4.90 Å². The minimum absolute atomic E-state index is 0.199. The summed E-state index contributed by atoms with van der Waals surface area (Å²) >= 11 is 0. The van der Waals surface area contributed by atoms with E-state index in [-0.39, 0.29) is 11.3 Å². The monoisotopic (exact) mass is 525 g/mol. The Bertz CT molecular complexity index is 1010. The number of nitrogens with zero attached hydrogens (tertiary/aromatic N) is 1. The van der Waals surface area contributed by atoms with Crippen LogP contribution in [0.1, 0.15) is 97.8 Å². The molecule has 0 radical (unpaired) electrons. The van der Waals surface area contributed by atoms with E-state index < -0.39 is 17.0 Å². The number of ether oxygens (including phenoxy) is 2. The molecule has 2 unspecified atom stereocenters. The molecule has 5 heteroatoms. The van der Waals surface area contributed by atoms with Crippen molar-refractivity contribution >= 4 is 0 Å². The number of rotatable bonds is 2. The van der Waals surface area contributed by atoms with Gasteiger partial charge in [-0.1, -0.05) is 38.2 Å². The fourth-order valence-electron chi connectivity index (χ4n) is 9.99. The van der Waals surface area contributed by atoms with E-state index in [4.69, 9.17) is 9.47 Å². The number of allylic oxidation sites excluding steroid dienone is 1. The van der Waals surface area contributed by atoms with E-state index in [2.05, 4.69) is 51.6 Å². The van der Waals surface area contributed by atoms with Gasteiger partial charge in [0.2, 0.25) is 0 Å². The van der Waals surface area contributed by atoms with Gasteiger partial charge in [0.05, 0.1) is 18.8 Å². The van der Waals surface area contributed by atoms with E-state index >= 15 is 0 Å². The van der Waals surface area contributed by atoms with Crippen molar-refractivity contribution in [2.24, 2.45) is 35.0 Å². The average Bonchev–Trinajstić information content (AvgIpc) is 3.43. The maximum absolute atomic E-state index is 12.2. The largest absolute Gasteiger partial charge is 0.385 e. The van der Waals surface area contributed by atoms with Gasteiger partial charge in [-0.15, -0.1) is 0 Å². The Labute approximate surface area is 230 Å². The normalized spacial score (nSPS) is 46.1. The summed E-state index contributed by atoms with van der Waals surface area (Å²) in [7, 11) is 4.44. The highest BCUT2D eigenvalue weighted by Crippen LogP contribution is 2.67. The molecule has 1 spiro atoms. The zero-order valence-corrected chi connectivity index (χ0v) is 24.5. The Morgan fingerprint density at radius 1 is 0.921 bits per heavy atom. The second-order valence-electron chi connectivity index (χ2n) is 14.6. The van der Waals surface area contributed by atoms with Crippen LogP contribution in [0.2, 0.25) is 0 Å². The lowest BCUT2D eigenvalue weighted by Gasteiger charge is -2.58. The molecular weight excluding hydrogens is 474 g/mol. The Morgan fingerprint density at radius 3 is 2.29 bits per heavy atom. The first kappa shape index (κ1) is 27.3. The summed E-state index contributed by atoms with van der Waals surface area (Å²) in [6.07, 6.45) is 11.9. The summed E-state index contributed by atoms with van der Waals surface area (Å²) in [6, 6.07) is 0.668. The number of fused-ring (bicyclic) bond motifs is 4. The summed E-state index contributed by atoms with van der Waals surface area (Å²) in [5, 5.41) is 24.4. The molecule has 4 saturated carbocycles. The second-order valence-corrected chi connectivity index (χ2v) is 14.6. The molecule has 1 aliphatic heterocycles. The molecule has 212 valence electrons. The Balaban J connectivity index is 1.40. The second kappa shape index (κ2) is 9.59. The predicted molar refractivity (Wildman–Crippen MR) is 149 cm³/mol. The average molecular weight is 526 g/mol. The molecule has 2 N–H and O–H groups in total. The third kappa shape index (κ3) is 4.24. The van der Waals surface area contributed by atoms with E-state index in [0.717, 1.165) is 44.9 Å². The first-order valence-corrected chi connectivity index (χ1v) is 15.6. The van der Waals surface area contributed by atoms with Gasteiger partial charge in [-0.25, -0.2) is 0 Å². The fourth-order valence-corrected chi connectivity index (χ4v) is 9.99. The third-order valence-corrected chi connectivity index (χ3v) is 12.0. The summed E-state index contributed by atoms with van der Waals surface area (Å²) in [4.78, 5) is 2.40. The molecule has 1 saturated heterocycles. The highest BCUT2D eigenvalue weighted by Gasteiger charge is 2.65. The Morgan fingerprint density at radius 2 is 1.63 bits per heavy atom. The van der Waals surface area contributed by atoms with Crippen molar-refractivity contribution in [1.29, 1.82) is 0 Å². The number of aliphatic hydroxyl groups is 2. The molecule has 0 aromatic heterocycles. The van der Waals surface area contributed by atoms with E-state index in [1.54, 1.807) is 5.57 Å². The first-order chi connectivity index (χ1) is 18.0. The van der Waals surface area contributed by atoms with Crippen molar-refractivity contribution < 1.29 is 19.7 Å². The predicted octanol–water partition coefficient (Wildman–Crippen LogP) is 5.30. The number of hydrogen-bond acceptors (Lipinski definition) is 5. The third-order valence-electron chi connectivity index (χ3n) is 12.0. The van der Waals surface area contributed by atoms with Crippen LogP contribution in [-0.4, -0.2) is 65.5 Å². The van der Waals surface area contributed by atoms with Gasteiger partial charge < -0.3 is 24.6 Å². The maximum Gasteiger partial charge on any atom is 0.171 e.